The van der Waals surface area contributed by atoms with Crippen LogP contribution in [0.2, 0.25) is 5.02 Å². The maximum atomic E-state index is 11.5. The molecule has 0 radical (unpaired) electrons. The molecule has 3 rings (SSSR count). The molecule has 1 aliphatic rings. The van der Waals surface area contributed by atoms with Gasteiger partial charge in [0.2, 0.25) is 0 Å². The summed E-state index contributed by atoms with van der Waals surface area (Å²) in [5.41, 5.74) is 1.56. The van der Waals surface area contributed by atoms with Crippen LogP contribution in [0, 0.1) is 0 Å². The van der Waals surface area contributed by atoms with E-state index in [0.717, 1.165) is 11.4 Å². The van der Waals surface area contributed by atoms with Crippen LogP contribution in [0.3, 0.4) is 0 Å². The number of sulfone groups is 1. The third kappa shape index (κ3) is 3.19. The highest BCUT2D eigenvalue weighted by Gasteiger charge is 2.24. The van der Waals surface area contributed by atoms with Gasteiger partial charge in [-0.05, 0) is 25.0 Å². The highest BCUT2D eigenvalue weighted by Crippen LogP contribution is 2.29. The second-order valence-electron chi connectivity index (χ2n) is 5.05. The van der Waals surface area contributed by atoms with Crippen molar-refractivity contribution in [2.45, 2.75) is 18.9 Å². The minimum atomic E-state index is -2.86. The Hall–Kier alpha value is -1.60. The Morgan fingerprint density at radius 1 is 1.29 bits per heavy atom. The van der Waals surface area contributed by atoms with Gasteiger partial charge in [-0.1, -0.05) is 17.7 Å². The molecule has 0 spiro atoms. The van der Waals surface area contributed by atoms with Crippen LogP contribution in [0.15, 0.2) is 30.9 Å². The molecule has 0 saturated carbocycles. The summed E-state index contributed by atoms with van der Waals surface area (Å²) < 4.78 is 24.6. The number of halogens is 1. The Morgan fingerprint density at radius 3 is 2.71 bits per heavy atom. The first-order chi connectivity index (χ1) is 10.1. The lowest BCUT2D eigenvalue weighted by atomic mass is 10.1. The van der Waals surface area contributed by atoms with Gasteiger partial charge >= 0.3 is 0 Å². The average molecular weight is 327 g/mol. The summed E-state index contributed by atoms with van der Waals surface area (Å²) in [6, 6.07) is 5.67. The van der Waals surface area contributed by atoms with Gasteiger partial charge in [-0.2, -0.15) is 5.10 Å². The summed E-state index contributed by atoms with van der Waals surface area (Å²) in [7, 11) is -2.86. The van der Waals surface area contributed by atoms with E-state index in [1.165, 1.54) is 6.33 Å². The number of nitrogens with zero attached hydrogens (tertiary/aromatic N) is 3. The van der Waals surface area contributed by atoms with Crippen molar-refractivity contribution in [3.05, 3.63) is 35.9 Å². The molecule has 0 amide bonds. The first-order valence-corrected chi connectivity index (χ1v) is 8.85. The zero-order chi connectivity index (χ0) is 14.9. The summed E-state index contributed by atoms with van der Waals surface area (Å²) in [6.07, 6.45) is 4.23. The van der Waals surface area contributed by atoms with Crippen molar-refractivity contribution in [3.63, 3.8) is 0 Å². The fourth-order valence-corrected chi connectivity index (χ4v) is 4.20. The van der Waals surface area contributed by atoms with Crippen LogP contribution >= 0.6 is 11.6 Å². The van der Waals surface area contributed by atoms with Crippen LogP contribution in [0.5, 0.6) is 0 Å². The molecule has 2 heterocycles. The number of aromatic nitrogens is 3. The lowest BCUT2D eigenvalue weighted by Gasteiger charge is -2.25. The largest absolute Gasteiger partial charge is 0.380 e. The van der Waals surface area contributed by atoms with Gasteiger partial charge in [0.25, 0.3) is 0 Å². The Balaban J connectivity index is 1.85. The van der Waals surface area contributed by atoms with Gasteiger partial charge in [0.15, 0.2) is 0 Å². The van der Waals surface area contributed by atoms with Gasteiger partial charge in [0.05, 0.1) is 22.2 Å². The third-order valence-electron chi connectivity index (χ3n) is 3.55. The summed E-state index contributed by atoms with van der Waals surface area (Å²) in [4.78, 5) is 3.93. The van der Waals surface area contributed by atoms with Gasteiger partial charge < -0.3 is 5.32 Å². The molecule has 1 saturated heterocycles. The molecule has 1 aliphatic heterocycles. The van der Waals surface area contributed by atoms with Crippen molar-refractivity contribution in [2.75, 3.05) is 16.8 Å². The van der Waals surface area contributed by atoms with Crippen LogP contribution < -0.4 is 5.32 Å². The van der Waals surface area contributed by atoms with E-state index in [1.807, 2.05) is 12.1 Å². The number of hydrogen-bond donors (Lipinski definition) is 1. The number of hydrogen-bond acceptors (Lipinski definition) is 5. The van der Waals surface area contributed by atoms with Gasteiger partial charge in [0, 0.05) is 6.04 Å². The second-order valence-corrected chi connectivity index (χ2v) is 7.76. The minimum Gasteiger partial charge on any atom is -0.380 e. The Morgan fingerprint density at radius 2 is 2.05 bits per heavy atom. The minimum absolute atomic E-state index is 0.120. The summed E-state index contributed by atoms with van der Waals surface area (Å²) >= 11 is 6.26. The molecule has 1 fully saturated rings. The molecular formula is C13H15ClN4O2S. The predicted octanol–water partition coefficient (Wildman–Crippen LogP) is 1.91. The van der Waals surface area contributed by atoms with E-state index in [1.54, 1.807) is 17.1 Å². The molecule has 1 aromatic carbocycles. The van der Waals surface area contributed by atoms with Gasteiger partial charge in [-0.25, -0.2) is 18.1 Å². The fourth-order valence-electron chi connectivity index (χ4n) is 2.44. The first-order valence-electron chi connectivity index (χ1n) is 6.66. The van der Waals surface area contributed by atoms with E-state index in [9.17, 15) is 8.42 Å². The SMILES string of the molecule is O=S1(=O)CCC(Nc2cccc(Cl)c2-n2cncn2)CC1. The fraction of sp³-hybridized carbons (Fsp3) is 0.385. The highest BCUT2D eigenvalue weighted by molar-refractivity contribution is 7.91. The van der Waals surface area contributed by atoms with Crippen LogP contribution in [0.1, 0.15) is 12.8 Å². The molecule has 0 aliphatic carbocycles. The average Bonchev–Trinajstić information content (AvgIpc) is 2.95. The van der Waals surface area contributed by atoms with Crippen molar-refractivity contribution in [3.8, 4) is 5.69 Å². The molecule has 21 heavy (non-hydrogen) atoms. The monoisotopic (exact) mass is 326 g/mol. The van der Waals surface area contributed by atoms with Crippen molar-refractivity contribution < 1.29 is 8.42 Å². The third-order valence-corrected chi connectivity index (χ3v) is 5.57. The molecule has 112 valence electrons. The highest BCUT2D eigenvalue weighted by atomic mass is 35.5. The number of nitrogens with one attached hydrogen (secondary N) is 1. The summed E-state index contributed by atoms with van der Waals surface area (Å²) in [5, 5.41) is 8.05. The van der Waals surface area contributed by atoms with Crippen LogP contribution in [0.25, 0.3) is 5.69 Å². The maximum absolute atomic E-state index is 11.5. The van der Waals surface area contributed by atoms with Crippen molar-refractivity contribution >= 4 is 27.1 Å². The van der Waals surface area contributed by atoms with E-state index in [4.69, 9.17) is 11.6 Å². The van der Waals surface area contributed by atoms with Crippen LogP contribution in [0.4, 0.5) is 5.69 Å². The zero-order valence-corrected chi connectivity index (χ0v) is 12.8. The molecule has 8 heteroatoms. The maximum Gasteiger partial charge on any atom is 0.150 e. The number of anilines is 1. The summed E-state index contributed by atoms with van der Waals surface area (Å²) in [6.45, 7) is 0. The van der Waals surface area contributed by atoms with E-state index in [-0.39, 0.29) is 17.5 Å². The quantitative estimate of drug-likeness (QED) is 0.932. The summed E-state index contributed by atoms with van der Waals surface area (Å²) in [5.74, 6) is 0.452. The van der Waals surface area contributed by atoms with Crippen molar-refractivity contribution in [1.82, 2.24) is 14.8 Å². The number of rotatable bonds is 3. The molecule has 0 bridgehead atoms. The van der Waals surface area contributed by atoms with E-state index in [2.05, 4.69) is 15.4 Å². The smallest absolute Gasteiger partial charge is 0.150 e. The van der Waals surface area contributed by atoms with Gasteiger partial charge in [-0.15, -0.1) is 0 Å². The van der Waals surface area contributed by atoms with E-state index >= 15 is 0 Å². The molecular weight excluding hydrogens is 312 g/mol. The number of para-hydroxylation sites is 1. The predicted molar refractivity (Wildman–Crippen MR) is 81.7 cm³/mol. The first kappa shape index (κ1) is 14.3. The van der Waals surface area contributed by atoms with E-state index < -0.39 is 9.84 Å². The number of benzene rings is 1. The van der Waals surface area contributed by atoms with Crippen molar-refractivity contribution in [1.29, 1.82) is 0 Å². The molecule has 1 aromatic heterocycles. The molecule has 0 atom stereocenters. The van der Waals surface area contributed by atoms with Crippen LogP contribution in [-0.4, -0.2) is 40.7 Å². The Kier molecular flexibility index (Phi) is 3.86. The molecule has 1 N–H and O–H groups in total. The molecule has 0 unspecified atom stereocenters. The lowest BCUT2D eigenvalue weighted by Crippen LogP contribution is -2.32. The Bertz CT molecular complexity index is 717. The zero-order valence-electron chi connectivity index (χ0n) is 11.2. The van der Waals surface area contributed by atoms with Crippen LogP contribution in [-0.2, 0) is 9.84 Å². The van der Waals surface area contributed by atoms with Crippen molar-refractivity contribution in [2.24, 2.45) is 0 Å². The normalized spacial score (nSPS) is 18.5. The standard InChI is InChI=1S/C13H15ClN4O2S/c14-11-2-1-3-12(13(11)18-9-15-8-16-18)17-10-4-6-21(19,20)7-5-10/h1-3,8-10,17H,4-7H2. The molecule has 6 nitrogen and oxygen atoms in total. The topological polar surface area (TPSA) is 76.9 Å². The van der Waals surface area contributed by atoms with Gasteiger partial charge in [0.1, 0.15) is 28.2 Å². The van der Waals surface area contributed by atoms with E-state index in [0.29, 0.717) is 17.9 Å². The Labute approximate surface area is 128 Å². The lowest BCUT2D eigenvalue weighted by molar-refractivity contribution is 0.559. The second kappa shape index (κ2) is 5.65. The van der Waals surface area contributed by atoms with Gasteiger partial charge in [-0.3, -0.25) is 0 Å². The molecule has 2 aromatic rings.